The van der Waals surface area contributed by atoms with Gasteiger partial charge in [-0.2, -0.15) is 0 Å². The Morgan fingerprint density at radius 2 is 1.74 bits per heavy atom. The summed E-state index contributed by atoms with van der Waals surface area (Å²) in [6, 6.07) is 13.4. The molecule has 2 aromatic rings. The normalized spacial score (nSPS) is 11.0. The molecule has 0 radical (unpaired) electrons. The lowest BCUT2D eigenvalue weighted by Crippen LogP contribution is -2.42. The summed E-state index contributed by atoms with van der Waals surface area (Å²) in [6.07, 6.45) is 0.757. The fourth-order valence-corrected chi connectivity index (χ4v) is 2.42. The number of nitrogens with zero attached hydrogens (tertiary/aromatic N) is 1. The molecular formula is C20H25FN4O2. The van der Waals surface area contributed by atoms with Crippen molar-refractivity contribution in [1.29, 1.82) is 0 Å². The maximum absolute atomic E-state index is 12.9. The molecule has 0 aliphatic heterocycles. The quantitative estimate of drug-likeness (QED) is 0.376. The molecule has 2 rings (SSSR count). The summed E-state index contributed by atoms with van der Waals surface area (Å²) >= 11 is 0. The van der Waals surface area contributed by atoms with Gasteiger partial charge in [0.2, 0.25) is 0 Å². The van der Waals surface area contributed by atoms with Crippen molar-refractivity contribution in [3.63, 3.8) is 0 Å². The van der Waals surface area contributed by atoms with Gasteiger partial charge < -0.3 is 20.7 Å². The summed E-state index contributed by atoms with van der Waals surface area (Å²) in [4.78, 5) is 16.2. The first-order chi connectivity index (χ1) is 13.1. The van der Waals surface area contributed by atoms with Crippen LogP contribution < -0.4 is 20.7 Å². The Labute approximate surface area is 158 Å². The highest BCUT2D eigenvalue weighted by molar-refractivity contribution is 5.94. The van der Waals surface area contributed by atoms with E-state index in [1.54, 1.807) is 50.6 Å². The van der Waals surface area contributed by atoms with Crippen LogP contribution in [0.3, 0.4) is 0 Å². The Morgan fingerprint density at radius 1 is 1.04 bits per heavy atom. The number of ether oxygens (including phenoxy) is 1. The Kier molecular flexibility index (Phi) is 8.09. The summed E-state index contributed by atoms with van der Waals surface area (Å²) in [6.45, 7) is 1.65. The number of methoxy groups -OCH3 is 1. The molecule has 0 bridgehead atoms. The lowest BCUT2D eigenvalue weighted by atomic mass is 10.1. The minimum Gasteiger partial charge on any atom is -0.497 e. The number of amides is 1. The molecule has 3 N–H and O–H groups in total. The Bertz CT molecular complexity index is 763. The van der Waals surface area contributed by atoms with Crippen molar-refractivity contribution in [3.8, 4) is 5.75 Å². The molecule has 0 aliphatic carbocycles. The van der Waals surface area contributed by atoms with Crippen LogP contribution >= 0.6 is 0 Å². The minimum absolute atomic E-state index is 0.157. The highest BCUT2D eigenvalue weighted by atomic mass is 19.1. The Hall–Kier alpha value is -3.09. The number of carbonyl (C=O) groups is 1. The monoisotopic (exact) mass is 372 g/mol. The molecule has 0 heterocycles. The number of carbonyl (C=O) groups excluding carboxylic acids is 1. The molecule has 0 aliphatic rings. The summed E-state index contributed by atoms with van der Waals surface area (Å²) < 4.78 is 18.0. The van der Waals surface area contributed by atoms with Gasteiger partial charge in [0.25, 0.3) is 5.91 Å². The second-order valence-corrected chi connectivity index (χ2v) is 5.79. The molecule has 0 saturated carbocycles. The molecule has 6 nitrogen and oxygen atoms in total. The lowest BCUT2D eigenvalue weighted by Gasteiger charge is -2.12. The van der Waals surface area contributed by atoms with E-state index in [0.717, 1.165) is 12.0 Å². The molecule has 7 heteroatoms. The molecule has 144 valence electrons. The summed E-state index contributed by atoms with van der Waals surface area (Å²) in [5.41, 5.74) is 1.60. The van der Waals surface area contributed by atoms with E-state index in [9.17, 15) is 9.18 Å². The summed E-state index contributed by atoms with van der Waals surface area (Å²) in [7, 11) is 3.25. The second kappa shape index (κ2) is 10.8. The zero-order valence-electron chi connectivity index (χ0n) is 15.6. The van der Waals surface area contributed by atoms with Crippen LogP contribution in [0, 0.1) is 5.82 Å². The van der Waals surface area contributed by atoms with Gasteiger partial charge in [0, 0.05) is 32.2 Å². The second-order valence-electron chi connectivity index (χ2n) is 5.79. The topological polar surface area (TPSA) is 74.8 Å². The highest BCUT2D eigenvalue weighted by Gasteiger charge is 2.06. The van der Waals surface area contributed by atoms with Gasteiger partial charge in [-0.05, 0) is 42.3 Å². The van der Waals surface area contributed by atoms with Crippen LogP contribution in [-0.2, 0) is 6.42 Å². The molecular weight excluding hydrogens is 347 g/mol. The third-order valence-electron chi connectivity index (χ3n) is 3.88. The number of hydrogen-bond acceptors (Lipinski definition) is 3. The number of rotatable bonds is 8. The van der Waals surface area contributed by atoms with E-state index in [2.05, 4.69) is 20.9 Å². The van der Waals surface area contributed by atoms with Crippen molar-refractivity contribution in [2.45, 2.75) is 6.42 Å². The molecule has 1 amide bonds. The molecule has 0 aromatic heterocycles. The van der Waals surface area contributed by atoms with Crippen LogP contribution in [0.2, 0.25) is 0 Å². The highest BCUT2D eigenvalue weighted by Crippen LogP contribution is 2.12. The lowest BCUT2D eigenvalue weighted by molar-refractivity contribution is 0.0954. The average Bonchev–Trinajstić information content (AvgIpc) is 2.71. The number of nitrogens with one attached hydrogen (secondary N) is 3. The zero-order chi connectivity index (χ0) is 19.5. The SMILES string of the molecule is CN=C(NCCNC(=O)c1cccc(OC)c1)NCCc1ccc(F)cc1. The molecule has 27 heavy (non-hydrogen) atoms. The van der Waals surface area contributed by atoms with Crippen LogP contribution in [-0.4, -0.2) is 45.7 Å². The van der Waals surface area contributed by atoms with Crippen molar-refractivity contribution in [3.05, 3.63) is 65.5 Å². The molecule has 2 aromatic carbocycles. The first-order valence-electron chi connectivity index (χ1n) is 8.73. The van der Waals surface area contributed by atoms with Crippen LogP contribution in [0.25, 0.3) is 0 Å². The van der Waals surface area contributed by atoms with Crippen molar-refractivity contribution in [1.82, 2.24) is 16.0 Å². The van der Waals surface area contributed by atoms with Gasteiger partial charge in [-0.1, -0.05) is 18.2 Å². The molecule has 0 saturated heterocycles. The van der Waals surface area contributed by atoms with Crippen molar-refractivity contribution in [2.75, 3.05) is 33.8 Å². The number of guanidine groups is 1. The number of hydrogen-bond donors (Lipinski definition) is 3. The maximum atomic E-state index is 12.9. The zero-order valence-corrected chi connectivity index (χ0v) is 15.6. The standard InChI is InChI=1S/C20H25FN4O2/c1-22-20(24-11-10-15-6-8-17(21)9-7-15)25-13-12-23-19(26)16-4-3-5-18(14-16)27-2/h3-9,14H,10-13H2,1-2H3,(H,23,26)(H2,22,24,25). The van der Waals surface area contributed by atoms with E-state index in [-0.39, 0.29) is 11.7 Å². The van der Waals surface area contributed by atoms with Crippen LogP contribution in [0.15, 0.2) is 53.5 Å². The van der Waals surface area contributed by atoms with Gasteiger partial charge in [0.05, 0.1) is 7.11 Å². The van der Waals surface area contributed by atoms with Gasteiger partial charge in [-0.25, -0.2) is 4.39 Å². The number of aliphatic imine (C=N–C) groups is 1. The van der Waals surface area contributed by atoms with Gasteiger partial charge in [0.1, 0.15) is 11.6 Å². The Morgan fingerprint density at radius 3 is 2.44 bits per heavy atom. The predicted octanol–water partition coefficient (Wildman–Crippen LogP) is 1.97. The van der Waals surface area contributed by atoms with Crippen LogP contribution in [0.5, 0.6) is 5.75 Å². The smallest absolute Gasteiger partial charge is 0.251 e. The minimum atomic E-state index is -0.236. The summed E-state index contributed by atoms with van der Waals surface area (Å²) in [5, 5.41) is 9.16. The fraction of sp³-hybridized carbons (Fsp3) is 0.300. The Balaban J connectivity index is 1.66. The van der Waals surface area contributed by atoms with E-state index < -0.39 is 0 Å². The van der Waals surface area contributed by atoms with Crippen LogP contribution in [0.4, 0.5) is 4.39 Å². The molecule has 0 unspecified atom stereocenters. The van der Waals surface area contributed by atoms with Gasteiger partial charge in [-0.15, -0.1) is 0 Å². The van der Waals surface area contributed by atoms with Gasteiger partial charge >= 0.3 is 0 Å². The molecule has 0 atom stereocenters. The van der Waals surface area contributed by atoms with E-state index in [4.69, 9.17) is 4.74 Å². The largest absolute Gasteiger partial charge is 0.497 e. The predicted molar refractivity (Wildman–Crippen MR) is 105 cm³/mol. The first kappa shape index (κ1) is 20.2. The van der Waals surface area contributed by atoms with E-state index >= 15 is 0 Å². The van der Waals surface area contributed by atoms with Crippen LogP contribution in [0.1, 0.15) is 15.9 Å². The van der Waals surface area contributed by atoms with Crippen molar-refractivity contribution < 1.29 is 13.9 Å². The van der Waals surface area contributed by atoms with E-state index in [0.29, 0.717) is 36.9 Å². The maximum Gasteiger partial charge on any atom is 0.251 e. The first-order valence-corrected chi connectivity index (χ1v) is 8.73. The van der Waals surface area contributed by atoms with Crippen molar-refractivity contribution in [2.24, 2.45) is 4.99 Å². The average molecular weight is 372 g/mol. The van der Waals surface area contributed by atoms with Gasteiger partial charge in [-0.3, -0.25) is 9.79 Å². The third-order valence-corrected chi connectivity index (χ3v) is 3.88. The fourth-order valence-electron chi connectivity index (χ4n) is 2.42. The van der Waals surface area contributed by atoms with E-state index in [1.807, 2.05) is 0 Å². The van der Waals surface area contributed by atoms with Gasteiger partial charge in [0.15, 0.2) is 5.96 Å². The third kappa shape index (κ3) is 6.97. The van der Waals surface area contributed by atoms with E-state index in [1.165, 1.54) is 12.1 Å². The molecule has 0 spiro atoms. The van der Waals surface area contributed by atoms with Crippen molar-refractivity contribution >= 4 is 11.9 Å². The molecule has 0 fully saturated rings. The number of benzene rings is 2. The summed E-state index contributed by atoms with van der Waals surface area (Å²) in [5.74, 6) is 0.898. The number of halogens is 1.